The fourth-order valence-corrected chi connectivity index (χ4v) is 3.63. The van der Waals surface area contributed by atoms with Crippen LogP contribution in [0.3, 0.4) is 0 Å². The van der Waals surface area contributed by atoms with E-state index in [2.05, 4.69) is 0 Å². The molecule has 0 saturated carbocycles. The van der Waals surface area contributed by atoms with Gasteiger partial charge >= 0.3 is 5.97 Å². The van der Waals surface area contributed by atoms with Crippen molar-refractivity contribution in [2.45, 2.75) is 44.8 Å². The molecule has 0 aliphatic carbocycles. The summed E-state index contributed by atoms with van der Waals surface area (Å²) in [7, 11) is 0. The number of imide groups is 1. The monoisotopic (exact) mass is 400 g/mol. The van der Waals surface area contributed by atoms with Gasteiger partial charge in [0.1, 0.15) is 6.04 Å². The molecule has 0 spiro atoms. The number of rotatable bonds is 7. The van der Waals surface area contributed by atoms with Crippen LogP contribution < -0.4 is 4.90 Å². The van der Waals surface area contributed by atoms with Gasteiger partial charge in [-0.3, -0.25) is 14.4 Å². The normalized spacial score (nSPS) is 21.9. The lowest BCUT2D eigenvalue weighted by molar-refractivity contribution is -0.136. The molecular formula is C21H24N2O6. The number of ether oxygens (including phenoxy) is 1. The predicted molar refractivity (Wildman–Crippen MR) is 104 cm³/mol. The molecule has 29 heavy (non-hydrogen) atoms. The van der Waals surface area contributed by atoms with Gasteiger partial charge in [0.05, 0.1) is 18.2 Å². The van der Waals surface area contributed by atoms with E-state index in [1.165, 1.54) is 4.90 Å². The zero-order valence-corrected chi connectivity index (χ0v) is 16.2. The molecule has 1 N–H and O–H groups in total. The first-order valence-electron chi connectivity index (χ1n) is 9.69. The van der Waals surface area contributed by atoms with E-state index in [4.69, 9.17) is 9.84 Å². The summed E-state index contributed by atoms with van der Waals surface area (Å²) in [6.45, 7) is 2.72. The molecule has 2 heterocycles. The number of aryl methyl sites for hydroxylation is 1. The third-order valence-electron chi connectivity index (χ3n) is 5.18. The van der Waals surface area contributed by atoms with Crippen LogP contribution in [0.5, 0.6) is 0 Å². The minimum Gasteiger partial charge on any atom is -0.478 e. The quantitative estimate of drug-likeness (QED) is 0.550. The first-order valence-corrected chi connectivity index (χ1v) is 9.69. The average molecular weight is 400 g/mol. The number of carbonyl (C=O) groups excluding carboxylic acids is 3. The Morgan fingerprint density at radius 3 is 2.55 bits per heavy atom. The highest BCUT2D eigenvalue weighted by molar-refractivity contribution is 6.23. The summed E-state index contributed by atoms with van der Waals surface area (Å²) >= 11 is 0. The third kappa shape index (κ3) is 4.71. The lowest BCUT2D eigenvalue weighted by Gasteiger charge is -2.28. The minimum absolute atomic E-state index is 0.134. The maximum atomic E-state index is 13.1. The van der Waals surface area contributed by atoms with Gasteiger partial charge in [0.2, 0.25) is 11.8 Å². The van der Waals surface area contributed by atoms with Crippen molar-refractivity contribution in [3.63, 3.8) is 0 Å². The Balaban J connectivity index is 1.84. The first kappa shape index (κ1) is 20.7. The molecule has 0 radical (unpaired) electrons. The molecule has 8 heteroatoms. The molecular weight excluding hydrogens is 376 g/mol. The number of carbonyl (C=O) groups is 4. The molecule has 154 valence electrons. The van der Waals surface area contributed by atoms with Crippen LogP contribution in [0.1, 0.15) is 31.7 Å². The number of amides is 3. The molecule has 3 rings (SSSR count). The van der Waals surface area contributed by atoms with Crippen molar-refractivity contribution < 1.29 is 29.0 Å². The average Bonchev–Trinajstić information content (AvgIpc) is 3.32. The Bertz CT molecular complexity index is 826. The van der Waals surface area contributed by atoms with Crippen LogP contribution >= 0.6 is 0 Å². The van der Waals surface area contributed by atoms with E-state index in [0.717, 1.165) is 41.9 Å². The number of anilines is 1. The van der Waals surface area contributed by atoms with Gasteiger partial charge in [-0.1, -0.05) is 19.1 Å². The standard InChI is InChI=1S/C21H24N2O6/c1-2-14-5-7-15(8-6-14)23-19(25)12-17(21(23)28)22(13-16-4-3-11-29-16)18(24)9-10-20(26)27/h5-10,16-17H,2-4,11-13H2,1H3,(H,26,27)/b10-9+/t16-,17+/m1/s1. The second-order valence-electron chi connectivity index (χ2n) is 7.10. The maximum Gasteiger partial charge on any atom is 0.328 e. The van der Waals surface area contributed by atoms with Crippen LogP contribution in [-0.2, 0) is 30.3 Å². The Morgan fingerprint density at radius 2 is 1.97 bits per heavy atom. The van der Waals surface area contributed by atoms with E-state index < -0.39 is 29.7 Å². The SMILES string of the molecule is CCc1ccc(N2C(=O)C[C@H](N(C[C@H]3CCCO3)C(=O)/C=C/C(=O)O)C2=O)cc1. The zero-order valence-electron chi connectivity index (χ0n) is 16.2. The molecule has 2 aliphatic rings. The van der Waals surface area contributed by atoms with Gasteiger partial charge in [0, 0.05) is 25.3 Å². The van der Waals surface area contributed by atoms with E-state index in [9.17, 15) is 19.2 Å². The summed E-state index contributed by atoms with van der Waals surface area (Å²) < 4.78 is 5.57. The number of hydrogen-bond donors (Lipinski definition) is 1. The fourth-order valence-electron chi connectivity index (χ4n) is 3.63. The Labute approximate surface area is 168 Å². The van der Waals surface area contributed by atoms with Gasteiger partial charge in [0.25, 0.3) is 5.91 Å². The largest absolute Gasteiger partial charge is 0.478 e. The number of nitrogens with zero attached hydrogens (tertiary/aromatic N) is 2. The highest BCUT2D eigenvalue weighted by Crippen LogP contribution is 2.27. The van der Waals surface area contributed by atoms with E-state index >= 15 is 0 Å². The Morgan fingerprint density at radius 1 is 1.24 bits per heavy atom. The van der Waals surface area contributed by atoms with Crippen molar-refractivity contribution in [2.75, 3.05) is 18.1 Å². The molecule has 2 fully saturated rings. The van der Waals surface area contributed by atoms with Gasteiger partial charge in [-0.2, -0.15) is 0 Å². The lowest BCUT2D eigenvalue weighted by atomic mass is 10.1. The summed E-state index contributed by atoms with van der Waals surface area (Å²) in [6, 6.07) is 6.16. The van der Waals surface area contributed by atoms with Crippen LogP contribution in [0.4, 0.5) is 5.69 Å². The van der Waals surface area contributed by atoms with Crippen molar-refractivity contribution in [1.82, 2.24) is 4.90 Å². The number of aliphatic carboxylic acids is 1. The molecule has 0 aromatic heterocycles. The highest BCUT2D eigenvalue weighted by Gasteiger charge is 2.44. The highest BCUT2D eigenvalue weighted by atomic mass is 16.5. The number of hydrogen-bond acceptors (Lipinski definition) is 5. The van der Waals surface area contributed by atoms with E-state index in [1.807, 2.05) is 19.1 Å². The predicted octanol–water partition coefficient (Wildman–Crippen LogP) is 1.53. The summed E-state index contributed by atoms with van der Waals surface area (Å²) in [5.41, 5.74) is 1.55. The maximum absolute atomic E-state index is 13.1. The van der Waals surface area contributed by atoms with Crippen molar-refractivity contribution in [1.29, 1.82) is 0 Å². The number of carboxylic acid groups (broad SMARTS) is 1. The van der Waals surface area contributed by atoms with E-state index in [-0.39, 0.29) is 19.1 Å². The topological polar surface area (TPSA) is 104 Å². The molecule has 3 amide bonds. The molecule has 2 atom stereocenters. The third-order valence-corrected chi connectivity index (χ3v) is 5.18. The molecule has 2 aliphatic heterocycles. The molecule has 2 saturated heterocycles. The zero-order chi connectivity index (χ0) is 21.0. The summed E-state index contributed by atoms with van der Waals surface area (Å²) in [4.78, 5) is 51.4. The molecule has 0 unspecified atom stereocenters. The van der Waals surface area contributed by atoms with E-state index in [1.54, 1.807) is 12.1 Å². The van der Waals surface area contributed by atoms with Crippen molar-refractivity contribution in [3.05, 3.63) is 42.0 Å². The number of benzene rings is 1. The fraction of sp³-hybridized carbons (Fsp3) is 0.429. The van der Waals surface area contributed by atoms with Gasteiger partial charge in [-0.15, -0.1) is 0 Å². The van der Waals surface area contributed by atoms with E-state index in [0.29, 0.717) is 12.3 Å². The van der Waals surface area contributed by atoms with Crippen molar-refractivity contribution in [2.24, 2.45) is 0 Å². The summed E-state index contributed by atoms with van der Waals surface area (Å²) in [6.07, 6.45) is 3.69. The molecule has 0 bridgehead atoms. The molecule has 1 aromatic carbocycles. The van der Waals surface area contributed by atoms with Gasteiger partial charge in [0.15, 0.2) is 0 Å². The van der Waals surface area contributed by atoms with Gasteiger partial charge < -0.3 is 14.7 Å². The van der Waals surface area contributed by atoms with Crippen LogP contribution in [0, 0.1) is 0 Å². The Kier molecular flexibility index (Phi) is 6.43. The van der Waals surface area contributed by atoms with Crippen LogP contribution in [0.2, 0.25) is 0 Å². The minimum atomic E-state index is -1.26. The second-order valence-corrected chi connectivity index (χ2v) is 7.10. The molecule has 8 nitrogen and oxygen atoms in total. The molecule has 1 aromatic rings. The van der Waals surface area contributed by atoms with Crippen molar-refractivity contribution in [3.8, 4) is 0 Å². The van der Waals surface area contributed by atoms with Crippen molar-refractivity contribution >= 4 is 29.4 Å². The van der Waals surface area contributed by atoms with Gasteiger partial charge in [-0.25, -0.2) is 9.69 Å². The first-order chi connectivity index (χ1) is 13.9. The Hall–Kier alpha value is -3.00. The van der Waals surface area contributed by atoms with Crippen LogP contribution in [0.25, 0.3) is 0 Å². The van der Waals surface area contributed by atoms with Crippen LogP contribution in [-0.4, -0.2) is 59.0 Å². The summed E-state index contributed by atoms with van der Waals surface area (Å²) in [5, 5.41) is 8.81. The van der Waals surface area contributed by atoms with Gasteiger partial charge in [-0.05, 0) is 37.0 Å². The van der Waals surface area contributed by atoms with Crippen LogP contribution in [0.15, 0.2) is 36.4 Å². The smallest absolute Gasteiger partial charge is 0.328 e. The lowest BCUT2D eigenvalue weighted by Crippen LogP contribution is -2.48. The number of carboxylic acids is 1. The summed E-state index contributed by atoms with van der Waals surface area (Å²) in [5.74, 6) is -2.77. The second kappa shape index (κ2) is 9.00.